The number of aromatic nitrogens is 1. The van der Waals surface area contributed by atoms with Crippen molar-refractivity contribution in [1.82, 2.24) is 15.2 Å². The largest absolute Gasteiger partial charge is 0.461 e. The van der Waals surface area contributed by atoms with E-state index in [9.17, 15) is 28.0 Å². The smallest absolute Gasteiger partial charge is 0.387 e. The minimum atomic E-state index is -2.99. The molecule has 1 unspecified atom stereocenters. The number of amides is 3. The number of imide groups is 1. The number of aryl methyl sites for hydroxylation is 1. The zero-order valence-electron chi connectivity index (χ0n) is 18.5. The van der Waals surface area contributed by atoms with Crippen LogP contribution in [0.4, 0.5) is 13.6 Å². The van der Waals surface area contributed by atoms with Gasteiger partial charge in [-0.2, -0.15) is 8.78 Å². The number of ether oxygens (including phenoxy) is 2. The molecule has 1 aliphatic rings. The number of halogens is 2. The maximum Gasteiger partial charge on any atom is 0.387 e. The van der Waals surface area contributed by atoms with Crippen LogP contribution in [0, 0.1) is 13.8 Å². The predicted octanol–water partition coefficient (Wildman–Crippen LogP) is 3.06. The van der Waals surface area contributed by atoms with Crippen molar-refractivity contribution in [2.24, 2.45) is 0 Å². The molecule has 0 saturated carbocycles. The lowest BCUT2D eigenvalue weighted by Crippen LogP contribution is -2.41. The quantitative estimate of drug-likeness (QED) is 0.353. The molecule has 2 heterocycles. The van der Waals surface area contributed by atoms with Crippen molar-refractivity contribution in [3.63, 3.8) is 0 Å². The van der Waals surface area contributed by atoms with Crippen molar-refractivity contribution in [3.8, 4) is 5.75 Å². The summed E-state index contributed by atoms with van der Waals surface area (Å²) < 4.78 is 34.0. The van der Waals surface area contributed by atoms with E-state index in [1.807, 2.05) is 0 Å². The average molecular weight is 463 g/mol. The van der Waals surface area contributed by atoms with Crippen LogP contribution in [0.2, 0.25) is 0 Å². The molecule has 0 radical (unpaired) electrons. The zero-order chi connectivity index (χ0) is 24.5. The highest BCUT2D eigenvalue weighted by atomic mass is 19.3. The molecule has 176 valence electrons. The highest BCUT2D eigenvalue weighted by molar-refractivity contribution is 6.12. The first kappa shape index (κ1) is 23.9. The molecule has 33 heavy (non-hydrogen) atoms. The second kappa shape index (κ2) is 9.00. The molecule has 3 rings (SSSR count). The molecule has 3 amide bonds. The topological polar surface area (TPSA) is 118 Å². The number of ketones is 1. The second-order valence-electron chi connectivity index (χ2n) is 7.62. The molecule has 1 saturated heterocycles. The SMILES string of the molecule is CCOC(=O)c1[nH]c(C)c(C(=O)CN2C(=O)NC(C)(c3ccc(OC(F)F)cc3)C2=O)c1C. The Morgan fingerprint density at radius 1 is 1.15 bits per heavy atom. The third kappa shape index (κ3) is 4.43. The number of rotatable bonds is 8. The maximum atomic E-state index is 13.1. The van der Waals surface area contributed by atoms with Gasteiger partial charge in [-0.25, -0.2) is 9.59 Å². The van der Waals surface area contributed by atoms with Crippen LogP contribution in [0.3, 0.4) is 0 Å². The number of carbonyl (C=O) groups is 4. The summed E-state index contributed by atoms with van der Waals surface area (Å²) in [6, 6.07) is 4.49. The van der Waals surface area contributed by atoms with Gasteiger partial charge < -0.3 is 19.8 Å². The number of carbonyl (C=O) groups excluding carboxylic acids is 4. The van der Waals surface area contributed by atoms with Crippen molar-refractivity contribution in [1.29, 1.82) is 0 Å². The molecule has 9 nitrogen and oxygen atoms in total. The van der Waals surface area contributed by atoms with E-state index in [1.54, 1.807) is 20.8 Å². The lowest BCUT2D eigenvalue weighted by molar-refractivity contribution is -0.130. The van der Waals surface area contributed by atoms with E-state index in [0.717, 1.165) is 4.90 Å². The normalized spacial score (nSPS) is 18.0. The number of nitrogens with one attached hydrogen (secondary N) is 2. The summed E-state index contributed by atoms with van der Waals surface area (Å²) in [5, 5.41) is 2.55. The van der Waals surface area contributed by atoms with Gasteiger partial charge in [-0.3, -0.25) is 14.5 Å². The average Bonchev–Trinajstić information content (AvgIpc) is 3.16. The van der Waals surface area contributed by atoms with E-state index in [4.69, 9.17) is 4.74 Å². The molecule has 1 fully saturated rings. The summed E-state index contributed by atoms with van der Waals surface area (Å²) >= 11 is 0. The summed E-state index contributed by atoms with van der Waals surface area (Å²) in [5.74, 6) is -1.93. The first-order valence-corrected chi connectivity index (χ1v) is 10.1. The lowest BCUT2D eigenvalue weighted by Gasteiger charge is -2.22. The van der Waals surface area contributed by atoms with Gasteiger partial charge in [0, 0.05) is 11.3 Å². The van der Waals surface area contributed by atoms with Crippen LogP contribution in [-0.2, 0) is 15.1 Å². The number of nitrogens with zero attached hydrogens (tertiary/aromatic N) is 1. The van der Waals surface area contributed by atoms with Gasteiger partial charge in [0.25, 0.3) is 5.91 Å². The van der Waals surface area contributed by atoms with Crippen molar-refractivity contribution < 1.29 is 37.4 Å². The fourth-order valence-corrected chi connectivity index (χ4v) is 3.80. The van der Waals surface area contributed by atoms with Crippen LogP contribution in [0.5, 0.6) is 5.75 Å². The second-order valence-corrected chi connectivity index (χ2v) is 7.62. The third-order valence-electron chi connectivity index (χ3n) is 5.43. The monoisotopic (exact) mass is 463 g/mol. The van der Waals surface area contributed by atoms with E-state index >= 15 is 0 Å². The summed E-state index contributed by atoms with van der Waals surface area (Å²) in [6.45, 7) is 2.90. The Balaban J connectivity index is 1.82. The first-order valence-electron chi connectivity index (χ1n) is 10.1. The fraction of sp³-hybridized carbons (Fsp3) is 0.364. The Kier molecular flexibility index (Phi) is 6.52. The van der Waals surface area contributed by atoms with E-state index < -0.39 is 42.4 Å². The minimum Gasteiger partial charge on any atom is -0.461 e. The molecule has 1 atom stereocenters. The summed E-state index contributed by atoms with van der Waals surface area (Å²) in [4.78, 5) is 54.3. The van der Waals surface area contributed by atoms with Crippen LogP contribution in [0.25, 0.3) is 0 Å². The lowest BCUT2D eigenvalue weighted by atomic mass is 9.92. The highest BCUT2D eigenvalue weighted by Gasteiger charge is 2.49. The predicted molar refractivity (Wildman–Crippen MR) is 111 cm³/mol. The molecule has 0 bridgehead atoms. The first-order chi connectivity index (χ1) is 15.5. The number of hydrogen-bond donors (Lipinski definition) is 2. The molecule has 11 heteroatoms. The van der Waals surface area contributed by atoms with Gasteiger partial charge in [-0.15, -0.1) is 0 Å². The van der Waals surface area contributed by atoms with Gasteiger partial charge in [-0.1, -0.05) is 12.1 Å². The molecule has 2 N–H and O–H groups in total. The van der Waals surface area contributed by atoms with Gasteiger partial charge in [0.1, 0.15) is 17.0 Å². The number of esters is 1. The molecular formula is C22H23F2N3O6. The molecule has 1 aliphatic heterocycles. The van der Waals surface area contributed by atoms with Crippen molar-refractivity contribution in [2.75, 3.05) is 13.2 Å². The third-order valence-corrected chi connectivity index (χ3v) is 5.43. The molecule has 1 aromatic heterocycles. The maximum absolute atomic E-state index is 13.1. The van der Waals surface area contributed by atoms with Crippen molar-refractivity contribution >= 4 is 23.7 Å². The van der Waals surface area contributed by atoms with Gasteiger partial charge in [0.05, 0.1) is 13.2 Å². The number of benzene rings is 1. The Bertz CT molecular complexity index is 1110. The Labute approximate surface area is 188 Å². The number of alkyl halides is 2. The van der Waals surface area contributed by atoms with Crippen molar-refractivity contribution in [2.45, 2.75) is 39.8 Å². The van der Waals surface area contributed by atoms with Crippen LogP contribution < -0.4 is 10.1 Å². The van der Waals surface area contributed by atoms with Crippen LogP contribution in [-0.4, -0.2) is 53.3 Å². The van der Waals surface area contributed by atoms with Crippen LogP contribution >= 0.6 is 0 Å². The number of urea groups is 1. The number of H-pyrrole nitrogens is 1. The zero-order valence-corrected chi connectivity index (χ0v) is 18.5. The molecular weight excluding hydrogens is 440 g/mol. The number of Topliss-reactive ketones (excluding diaryl/α,β-unsaturated/α-hetero) is 1. The van der Waals surface area contributed by atoms with Gasteiger partial charge in [0.15, 0.2) is 5.78 Å². The van der Waals surface area contributed by atoms with E-state index in [2.05, 4.69) is 15.0 Å². The Morgan fingerprint density at radius 3 is 2.36 bits per heavy atom. The fourth-order valence-electron chi connectivity index (χ4n) is 3.80. The van der Waals surface area contributed by atoms with Gasteiger partial charge in [0.2, 0.25) is 0 Å². The Hall–Kier alpha value is -3.76. The van der Waals surface area contributed by atoms with Crippen LogP contribution in [0.1, 0.15) is 51.5 Å². The standard InChI is InChI=1S/C22H23F2N3O6/c1-5-32-18(29)17-11(2)16(12(3)25-17)15(28)10-27-19(30)22(4,26-21(27)31)13-6-8-14(9-7-13)33-20(23)24/h6-9,20,25H,5,10H2,1-4H3,(H,26,31). The molecule has 0 spiro atoms. The van der Waals surface area contributed by atoms with E-state index in [0.29, 0.717) is 16.8 Å². The molecule has 1 aromatic carbocycles. The summed E-state index contributed by atoms with van der Waals surface area (Å²) in [6.07, 6.45) is 0. The molecule has 0 aliphatic carbocycles. The van der Waals surface area contributed by atoms with E-state index in [-0.39, 0.29) is 23.6 Å². The van der Waals surface area contributed by atoms with Gasteiger partial charge in [-0.05, 0) is 51.0 Å². The molecule has 2 aromatic rings. The minimum absolute atomic E-state index is 0.100. The summed E-state index contributed by atoms with van der Waals surface area (Å²) in [5.41, 5.74) is -0.0769. The Morgan fingerprint density at radius 2 is 1.79 bits per heavy atom. The summed E-state index contributed by atoms with van der Waals surface area (Å²) in [7, 11) is 0. The number of aromatic amines is 1. The number of hydrogen-bond acceptors (Lipinski definition) is 6. The highest BCUT2D eigenvalue weighted by Crippen LogP contribution is 2.31. The van der Waals surface area contributed by atoms with Crippen LogP contribution in [0.15, 0.2) is 24.3 Å². The van der Waals surface area contributed by atoms with Gasteiger partial charge >= 0.3 is 18.6 Å². The van der Waals surface area contributed by atoms with E-state index in [1.165, 1.54) is 31.2 Å². The van der Waals surface area contributed by atoms with Crippen molar-refractivity contribution in [3.05, 3.63) is 52.3 Å².